The van der Waals surface area contributed by atoms with Crippen LogP contribution in [0.25, 0.3) is 11.0 Å². The number of carbonyl (C=O) groups is 1. The van der Waals surface area contributed by atoms with Crippen LogP contribution >= 0.6 is 0 Å². The second-order valence-electron chi connectivity index (χ2n) is 7.00. The van der Waals surface area contributed by atoms with E-state index in [1.807, 2.05) is 54.3 Å². The zero-order valence-electron chi connectivity index (χ0n) is 16.5. The van der Waals surface area contributed by atoms with Crippen molar-refractivity contribution in [1.29, 1.82) is 0 Å². The van der Waals surface area contributed by atoms with Crippen molar-refractivity contribution in [2.45, 2.75) is 18.9 Å². The molecule has 3 aromatic heterocycles. The molecule has 4 rings (SSSR count). The van der Waals surface area contributed by atoms with Crippen LogP contribution in [0.3, 0.4) is 0 Å². The van der Waals surface area contributed by atoms with Gasteiger partial charge < -0.3 is 24.2 Å². The van der Waals surface area contributed by atoms with Crippen LogP contribution in [0, 0.1) is 0 Å². The lowest BCUT2D eigenvalue weighted by molar-refractivity contribution is -0.133. The molecule has 1 unspecified atom stereocenters. The van der Waals surface area contributed by atoms with Crippen LogP contribution in [0.4, 0.5) is 0 Å². The molecule has 29 heavy (non-hydrogen) atoms. The Labute approximate surface area is 168 Å². The van der Waals surface area contributed by atoms with Crippen LogP contribution in [0.5, 0.6) is 5.75 Å². The van der Waals surface area contributed by atoms with Crippen molar-refractivity contribution >= 4 is 16.9 Å². The maximum Gasteiger partial charge on any atom is 0.245 e. The van der Waals surface area contributed by atoms with Gasteiger partial charge in [0, 0.05) is 56.8 Å². The molecule has 150 valence electrons. The Morgan fingerprint density at radius 3 is 2.86 bits per heavy atom. The van der Waals surface area contributed by atoms with Gasteiger partial charge in [0.15, 0.2) is 0 Å². The minimum atomic E-state index is -0.324. The maximum atomic E-state index is 13.2. The number of H-pyrrole nitrogens is 2. The van der Waals surface area contributed by atoms with E-state index in [2.05, 4.69) is 19.9 Å². The number of carbonyl (C=O) groups excluding carboxylic acids is 1. The Balaban J connectivity index is 1.44. The average Bonchev–Trinajstić information content (AvgIpc) is 3.50. The molecule has 8 heteroatoms. The molecule has 0 bridgehead atoms. The number of aromatic nitrogens is 5. The number of rotatable bonds is 8. The van der Waals surface area contributed by atoms with Gasteiger partial charge >= 0.3 is 0 Å². The van der Waals surface area contributed by atoms with E-state index in [9.17, 15) is 4.79 Å². The summed E-state index contributed by atoms with van der Waals surface area (Å²) in [7, 11) is 3.47. The number of nitrogens with zero attached hydrogens (tertiary/aromatic N) is 4. The number of methoxy groups -OCH3 is 1. The van der Waals surface area contributed by atoms with Crippen molar-refractivity contribution in [3.63, 3.8) is 0 Å². The topological polar surface area (TPSA) is 91.8 Å². The first kappa shape index (κ1) is 18.8. The van der Waals surface area contributed by atoms with Crippen LogP contribution in [0.1, 0.15) is 17.6 Å². The molecular weight excluding hydrogens is 368 g/mol. The van der Waals surface area contributed by atoms with Crippen LogP contribution in [0.2, 0.25) is 0 Å². The van der Waals surface area contributed by atoms with Gasteiger partial charge in [-0.05, 0) is 24.3 Å². The number of hydrogen-bond acceptors (Lipinski definition) is 4. The van der Waals surface area contributed by atoms with E-state index in [-0.39, 0.29) is 11.9 Å². The van der Waals surface area contributed by atoms with Gasteiger partial charge in [0.2, 0.25) is 5.91 Å². The second kappa shape index (κ2) is 8.22. The molecular formula is C21H24N6O2. The van der Waals surface area contributed by atoms with Crippen LogP contribution in [0.15, 0.2) is 55.2 Å². The fourth-order valence-electron chi connectivity index (χ4n) is 3.41. The molecule has 0 aliphatic carbocycles. The predicted molar refractivity (Wildman–Crippen MR) is 110 cm³/mol. The third-order valence-corrected chi connectivity index (χ3v) is 5.04. The average molecular weight is 392 g/mol. The summed E-state index contributed by atoms with van der Waals surface area (Å²) >= 11 is 0. The maximum absolute atomic E-state index is 13.2. The minimum absolute atomic E-state index is 0.0496. The summed E-state index contributed by atoms with van der Waals surface area (Å²) in [4.78, 5) is 30.0. The molecule has 0 radical (unpaired) electrons. The number of nitrogens with one attached hydrogen (secondary N) is 2. The van der Waals surface area contributed by atoms with Crippen molar-refractivity contribution in [3.8, 4) is 5.75 Å². The normalized spacial score (nSPS) is 12.2. The number of imidazole rings is 2. The van der Waals surface area contributed by atoms with Gasteiger partial charge in [-0.2, -0.15) is 0 Å². The summed E-state index contributed by atoms with van der Waals surface area (Å²) in [6, 6.07) is 9.27. The highest BCUT2D eigenvalue weighted by molar-refractivity contribution is 5.80. The zero-order valence-corrected chi connectivity index (χ0v) is 16.5. The smallest absolute Gasteiger partial charge is 0.245 e. The summed E-state index contributed by atoms with van der Waals surface area (Å²) in [6.07, 6.45) is 8.42. The molecule has 0 spiro atoms. The van der Waals surface area contributed by atoms with Crippen LogP contribution in [-0.2, 0) is 17.6 Å². The van der Waals surface area contributed by atoms with E-state index in [1.165, 1.54) is 0 Å². The van der Waals surface area contributed by atoms with Crippen molar-refractivity contribution in [2.75, 3.05) is 20.7 Å². The Hall–Kier alpha value is -3.55. The SMILES string of the molecule is COc1ccc2nc(CCN(C)C(=O)C(Cc3cnc[nH]3)n3cccc3)[nH]c2c1. The molecule has 8 nitrogen and oxygen atoms in total. The number of amides is 1. The van der Waals surface area contributed by atoms with E-state index in [1.54, 1.807) is 24.5 Å². The van der Waals surface area contributed by atoms with Crippen molar-refractivity contribution in [2.24, 2.45) is 0 Å². The molecule has 0 aliphatic rings. The minimum Gasteiger partial charge on any atom is -0.497 e. The number of aromatic amines is 2. The van der Waals surface area contributed by atoms with Gasteiger partial charge in [-0.15, -0.1) is 0 Å². The lowest BCUT2D eigenvalue weighted by atomic mass is 10.1. The van der Waals surface area contributed by atoms with Crippen molar-refractivity contribution in [3.05, 3.63) is 66.8 Å². The summed E-state index contributed by atoms with van der Waals surface area (Å²) < 4.78 is 7.19. The molecule has 0 aliphatic heterocycles. The fourth-order valence-corrected chi connectivity index (χ4v) is 3.41. The number of benzene rings is 1. The third-order valence-electron chi connectivity index (χ3n) is 5.04. The molecule has 1 amide bonds. The molecule has 4 aromatic rings. The molecule has 3 heterocycles. The molecule has 0 fully saturated rings. The summed E-state index contributed by atoms with van der Waals surface area (Å²) in [5, 5.41) is 0. The fraction of sp³-hybridized carbons (Fsp3) is 0.286. The summed E-state index contributed by atoms with van der Waals surface area (Å²) in [6.45, 7) is 0.566. The number of likely N-dealkylation sites (N-methyl/N-ethyl adjacent to an activating group) is 1. The quantitative estimate of drug-likeness (QED) is 0.482. The molecule has 0 saturated carbocycles. The molecule has 2 N–H and O–H groups in total. The van der Waals surface area contributed by atoms with Crippen molar-refractivity contribution < 1.29 is 9.53 Å². The van der Waals surface area contributed by atoms with Gasteiger partial charge in [-0.25, -0.2) is 9.97 Å². The van der Waals surface area contributed by atoms with Gasteiger partial charge in [0.25, 0.3) is 0 Å². The third kappa shape index (κ3) is 4.16. The lowest BCUT2D eigenvalue weighted by Crippen LogP contribution is -2.36. The Morgan fingerprint density at radius 1 is 1.31 bits per heavy atom. The standard InChI is InChI=1S/C21H24N6O2/c1-26(10-7-20-24-17-6-5-16(29-2)12-18(17)25-20)21(28)19(27-8-3-4-9-27)11-15-13-22-14-23-15/h3-6,8-9,12-14,19H,7,10-11H2,1-2H3,(H,22,23)(H,24,25). The van der Waals surface area contributed by atoms with Crippen LogP contribution in [-0.4, -0.2) is 56.0 Å². The van der Waals surface area contributed by atoms with Crippen molar-refractivity contribution in [1.82, 2.24) is 29.4 Å². The largest absolute Gasteiger partial charge is 0.497 e. The zero-order chi connectivity index (χ0) is 20.2. The monoisotopic (exact) mass is 392 g/mol. The number of fused-ring (bicyclic) bond motifs is 1. The Morgan fingerprint density at radius 2 is 2.14 bits per heavy atom. The first-order chi connectivity index (χ1) is 14.1. The molecule has 1 aromatic carbocycles. The van der Waals surface area contributed by atoms with Gasteiger partial charge in [0.05, 0.1) is 24.5 Å². The van der Waals surface area contributed by atoms with Crippen LogP contribution < -0.4 is 4.74 Å². The highest BCUT2D eigenvalue weighted by Gasteiger charge is 2.24. The van der Waals surface area contributed by atoms with Gasteiger partial charge in [-0.3, -0.25) is 4.79 Å². The highest BCUT2D eigenvalue weighted by atomic mass is 16.5. The van der Waals surface area contributed by atoms with E-state index < -0.39 is 0 Å². The number of ether oxygens (including phenoxy) is 1. The van der Waals surface area contributed by atoms with Gasteiger partial charge in [-0.1, -0.05) is 0 Å². The van der Waals surface area contributed by atoms with E-state index in [0.717, 1.165) is 28.3 Å². The van der Waals surface area contributed by atoms with E-state index in [0.29, 0.717) is 19.4 Å². The van der Waals surface area contributed by atoms with E-state index in [4.69, 9.17) is 4.74 Å². The number of hydrogen-bond donors (Lipinski definition) is 2. The summed E-state index contributed by atoms with van der Waals surface area (Å²) in [5.41, 5.74) is 2.74. The lowest BCUT2D eigenvalue weighted by Gasteiger charge is -2.24. The second-order valence-corrected chi connectivity index (χ2v) is 7.00. The Kier molecular flexibility index (Phi) is 5.33. The summed E-state index contributed by atoms with van der Waals surface area (Å²) in [5.74, 6) is 1.68. The Bertz CT molecular complexity index is 1070. The predicted octanol–water partition coefficient (Wildman–Crippen LogP) is 2.58. The van der Waals surface area contributed by atoms with Gasteiger partial charge in [0.1, 0.15) is 17.6 Å². The molecule has 0 saturated heterocycles. The first-order valence-electron chi connectivity index (χ1n) is 9.51. The molecule has 1 atom stereocenters. The van der Waals surface area contributed by atoms with E-state index >= 15 is 0 Å². The first-order valence-corrected chi connectivity index (χ1v) is 9.51. The highest BCUT2D eigenvalue weighted by Crippen LogP contribution is 2.20.